The van der Waals surface area contributed by atoms with Crippen LogP contribution in [0.2, 0.25) is 24.2 Å². The van der Waals surface area contributed by atoms with Crippen LogP contribution >= 0.6 is 0 Å². The fourth-order valence-electron chi connectivity index (χ4n) is 2.89. The lowest BCUT2D eigenvalue weighted by Crippen LogP contribution is -2.19. The quantitative estimate of drug-likeness (QED) is 0.0760. The molecule has 0 amide bonds. The van der Waals surface area contributed by atoms with Crippen molar-refractivity contribution in [2.45, 2.75) is 135 Å². The minimum atomic E-state index is 0.0184. The highest BCUT2D eigenvalue weighted by Crippen LogP contribution is 2.11. The zero-order valence-corrected chi connectivity index (χ0v) is 23.2. The summed E-state index contributed by atoms with van der Waals surface area (Å²) in [4.78, 5) is 0. The van der Waals surface area contributed by atoms with Crippen molar-refractivity contribution in [1.82, 2.24) is 0 Å². The number of hydrogen-bond donors (Lipinski definition) is 0. The van der Waals surface area contributed by atoms with Crippen molar-refractivity contribution in [3.05, 3.63) is 0 Å². The van der Waals surface area contributed by atoms with E-state index < -0.39 is 0 Å². The third-order valence-corrected chi connectivity index (χ3v) is 7.73. The van der Waals surface area contributed by atoms with E-state index in [0.717, 1.165) is 84.0 Å². The SMILES string of the molecule is CCCCOC(CC[Si]CCC[Si]CCC(OCCCC)OCCCC)OCCCC. The van der Waals surface area contributed by atoms with E-state index in [0.29, 0.717) is 0 Å². The maximum atomic E-state index is 5.94. The molecule has 0 heterocycles. The highest BCUT2D eigenvalue weighted by atomic mass is 28.2. The third-order valence-electron chi connectivity index (χ3n) is 5.03. The highest BCUT2D eigenvalue weighted by Gasteiger charge is 2.10. The lowest BCUT2D eigenvalue weighted by molar-refractivity contribution is -0.144. The number of hydrogen-bond acceptors (Lipinski definition) is 4. The van der Waals surface area contributed by atoms with Crippen molar-refractivity contribution in [3.63, 3.8) is 0 Å². The molecule has 0 aliphatic heterocycles. The zero-order valence-electron chi connectivity index (χ0n) is 21.2. The van der Waals surface area contributed by atoms with Crippen LogP contribution in [0.4, 0.5) is 0 Å². The van der Waals surface area contributed by atoms with Gasteiger partial charge in [0, 0.05) is 45.5 Å². The summed E-state index contributed by atoms with van der Waals surface area (Å²) in [6.07, 6.45) is 12.7. The van der Waals surface area contributed by atoms with E-state index in [-0.39, 0.29) is 12.6 Å². The van der Waals surface area contributed by atoms with Crippen molar-refractivity contribution in [3.8, 4) is 0 Å². The molecule has 0 spiro atoms. The molecule has 0 fully saturated rings. The lowest BCUT2D eigenvalue weighted by atomic mass is 10.3. The Morgan fingerprint density at radius 2 is 0.774 bits per heavy atom. The van der Waals surface area contributed by atoms with E-state index in [9.17, 15) is 0 Å². The maximum Gasteiger partial charge on any atom is 0.157 e. The predicted molar refractivity (Wildman–Crippen MR) is 136 cm³/mol. The maximum absolute atomic E-state index is 5.94. The van der Waals surface area contributed by atoms with Gasteiger partial charge in [0.1, 0.15) is 0 Å². The second-order valence-electron chi connectivity index (χ2n) is 8.19. The summed E-state index contributed by atoms with van der Waals surface area (Å²) in [6, 6.07) is 5.19. The number of rotatable bonds is 26. The Bertz CT molecular complexity index is 285. The van der Waals surface area contributed by atoms with Crippen molar-refractivity contribution in [2.75, 3.05) is 26.4 Å². The van der Waals surface area contributed by atoms with Gasteiger partial charge in [0.15, 0.2) is 12.6 Å². The van der Waals surface area contributed by atoms with Gasteiger partial charge in [-0.1, -0.05) is 84.0 Å². The zero-order chi connectivity index (χ0) is 22.8. The standard InChI is InChI=1S/C25H52O4Si2/c1-5-9-16-26-24(27-17-10-6-2)14-22-30-20-13-21-31-23-15-25(28-18-11-7-3)29-19-12-8-4/h24-25H,5-23H2,1-4H3. The van der Waals surface area contributed by atoms with Crippen molar-refractivity contribution in [1.29, 1.82) is 0 Å². The van der Waals surface area contributed by atoms with Crippen molar-refractivity contribution < 1.29 is 18.9 Å². The first-order valence-corrected chi connectivity index (χ1v) is 16.0. The Balaban J connectivity index is 3.75. The predicted octanol–water partition coefficient (Wildman–Crippen LogP) is 7.16. The summed E-state index contributed by atoms with van der Waals surface area (Å²) < 4.78 is 23.8. The van der Waals surface area contributed by atoms with E-state index in [4.69, 9.17) is 18.9 Å². The van der Waals surface area contributed by atoms with Gasteiger partial charge >= 0.3 is 0 Å². The second kappa shape index (κ2) is 26.5. The van der Waals surface area contributed by atoms with Gasteiger partial charge in [-0.25, -0.2) is 0 Å². The summed E-state index contributed by atoms with van der Waals surface area (Å²) in [6.45, 7) is 12.2. The van der Waals surface area contributed by atoms with Crippen LogP contribution in [0.1, 0.15) is 98.3 Å². The molecule has 0 N–H and O–H groups in total. The van der Waals surface area contributed by atoms with Gasteiger partial charge in [0.2, 0.25) is 0 Å². The van der Waals surface area contributed by atoms with Crippen LogP contribution in [0, 0.1) is 0 Å². The smallest absolute Gasteiger partial charge is 0.157 e. The molecule has 4 radical (unpaired) electrons. The number of ether oxygens (including phenoxy) is 4. The van der Waals surface area contributed by atoms with Gasteiger partial charge < -0.3 is 18.9 Å². The fourth-order valence-corrected chi connectivity index (χ4v) is 5.48. The molecule has 0 aromatic rings. The van der Waals surface area contributed by atoms with E-state index in [1.54, 1.807) is 0 Å². The molecule has 31 heavy (non-hydrogen) atoms. The molecular formula is C25H52O4Si2. The van der Waals surface area contributed by atoms with Crippen LogP contribution in [0.3, 0.4) is 0 Å². The van der Waals surface area contributed by atoms with Crippen LogP contribution in [0.5, 0.6) is 0 Å². The Labute approximate surface area is 199 Å². The molecule has 184 valence electrons. The molecule has 0 unspecified atom stereocenters. The molecule has 0 atom stereocenters. The number of unbranched alkanes of at least 4 members (excludes halogenated alkanes) is 4. The Hall–Kier alpha value is 0.274. The average Bonchev–Trinajstić information content (AvgIpc) is 2.77. The van der Waals surface area contributed by atoms with Gasteiger partial charge in [0.05, 0.1) is 0 Å². The third kappa shape index (κ3) is 23.2. The van der Waals surface area contributed by atoms with E-state index in [2.05, 4.69) is 27.7 Å². The first kappa shape index (κ1) is 31.3. The van der Waals surface area contributed by atoms with Crippen LogP contribution in [-0.4, -0.2) is 58.0 Å². The topological polar surface area (TPSA) is 36.9 Å². The Morgan fingerprint density at radius 3 is 1.06 bits per heavy atom. The lowest BCUT2D eigenvalue weighted by Gasteiger charge is -2.18. The summed E-state index contributed by atoms with van der Waals surface area (Å²) in [5, 5.41) is 0. The molecule has 0 aliphatic carbocycles. The second-order valence-corrected chi connectivity index (χ2v) is 11.2. The normalized spacial score (nSPS) is 11.8. The van der Waals surface area contributed by atoms with Crippen molar-refractivity contribution in [2.24, 2.45) is 0 Å². The first-order valence-electron chi connectivity index (χ1n) is 13.2. The Kier molecular flexibility index (Phi) is 26.8. The first-order chi connectivity index (χ1) is 15.3. The summed E-state index contributed by atoms with van der Waals surface area (Å²) in [5.74, 6) is 0. The van der Waals surface area contributed by atoms with Crippen LogP contribution < -0.4 is 0 Å². The largest absolute Gasteiger partial charge is 0.353 e. The molecule has 0 aromatic carbocycles. The summed E-state index contributed by atoms with van der Waals surface area (Å²) in [5.41, 5.74) is 0. The molecule has 0 saturated heterocycles. The van der Waals surface area contributed by atoms with Gasteiger partial charge in [0.25, 0.3) is 0 Å². The van der Waals surface area contributed by atoms with Crippen LogP contribution in [0.15, 0.2) is 0 Å². The van der Waals surface area contributed by atoms with E-state index in [1.807, 2.05) is 0 Å². The van der Waals surface area contributed by atoms with E-state index in [1.165, 1.54) is 56.3 Å². The fraction of sp³-hybridized carbons (Fsp3) is 1.00. The van der Waals surface area contributed by atoms with Gasteiger partial charge in [-0.3, -0.25) is 0 Å². The molecule has 4 nitrogen and oxygen atoms in total. The molecule has 0 aromatic heterocycles. The van der Waals surface area contributed by atoms with Gasteiger partial charge in [-0.15, -0.1) is 0 Å². The van der Waals surface area contributed by atoms with Crippen LogP contribution in [0.25, 0.3) is 0 Å². The van der Waals surface area contributed by atoms with Gasteiger partial charge in [-0.05, 0) is 38.5 Å². The molecule has 0 bridgehead atoms. The molecule has 0 rings (SSSR count). The van der Waals surface area contributed by atoms with Crippen molar-refractivity contribution >= 4 is 19.0 Å². The van der Waals surface area contributed by atoms with Gasteiger partial charge in [-0.2, -0.15) is 0 Å². The average molecular weight is 473 g/mol. The minimum Gasteiger partial charge on any atom is -0.353 e. The van der Waals surface area contributed by atoms with E-state index >= 15 is 0 Å². The molecule has 6 heteroatoms. The van der Waals surface area contributed by atoms with Crippen LogP contribution in [-0.2, 0) is 18.9 Å². The minimum absolute atomic E-state index is 0.0184. The molecule has 0 saturated carbocycles. The Morgan fingerprint density at radius 1 is 0.452 bits per heavy atom. The summed E-state index contributed by atoms with van der Waals surface area (Å²) >= 11 is 0. The highest BCUT2D eigenvalue weighted by molar-refractivity contribution is 6.37. The summed E-state index contributed by atoms with van der Waals surface area (Å²) in [7, 11) is 2.08. The monoisotopic (exact) mass is 472 g/mol. The molecular weight excluding hydrogens is 420 g/mol. The molecule has 0 aliphatic rings.